The lowest BCUT2D eigenvalue weighted by atomic mass is 10.1. The summed E-state index contributed by atoms with van der Waals surface area (Å²) >= 11 is 1.76. The maximum Gasteiger partial charge on any atom is 0.123 e. The van der Waals surface area contributed by atoms with Gasteiger partial charge < -0.3 is 4.98 Å². The molecular formula is C21H22N4S. The zero-order chi connectivity index (χ0) is 18.1. The summed E-state index contributed by atoms with van der Waals surface area (Å²) in [5.74, 6) is 0. The van der Waals surface area contributed by atoms with E-state index >= 15 is 0 Å². The predicted molar refractivity (Wildman–Crippen MR) is 107 cm³/mol. The minimum Gasteiger partial charge on any atom is -0.367 e. The zero-order valence-electron chi connectivity index (χ0n) is 15.3. The van der Waals surface area contributed by atoms with Gasteiger partial charge in [0.25, 0.3) is 0 Å². The van der Waals surface area contributed by atoms with Crippen LogP contribution < -0.4 is 0 Å². The van der Waals surface area contributed by atoms with Crippen molar-refractivity contribution in [1.29, 1.82) is 0 Å². The number of rotatable bonds is 5. The molecule has 26 heavy (non-hydrogen) atoms. The molecule has 0 fully saturated rings. The molecule has 0 saturated carbocycles. The molecular weight excluding hydrogens is 340 g/mol. The van der Waals surface area contributed by atoms with Crippen molar-refractivity contribution in [3.8, 4) is 10.6 Å². The smallest absolute Gasteiger partial charge is 0.123 e. The maximum absolute atomic E-state index is 4.79. The number of aryl methyl sites for hydroxylation is 2. The normalized spacial score (nSPS) is 11.2. The third-order valence-corrected chi connectivity index (χ3v) is 5.97. The van der Waals surface area contributed by atoms with Crippen LogP contribution >= 0.6 is 11.3 Å². The van der Waals surface area contributed by atoms with E-state index < -0.39 is 0 Å². The van der Waals surface area contributed by atoms with E-state index in [1.54, 1.807) is 11.3 Å². The van der Waals surface area contributed by atoms with E-state index in [4.69, 9.17) is 10.1 Å². The lowest BCUT2D eigenvalue weighted by Crippen LogP contribution is -2.04. The first kappa shape index (κ1) is 16.8. The van der Waals surface area contributed by atoms with Gasteiger partial charge in [-0.25, -0.2) is 4.98 Å². The second-order valence-electron chi connectivity index (χ2n) is 6.60. The average Bonchev–Trinajstić information content (AvgIpc) is 3.34. The summed E-state index contributed by atoms with van der Waals surface area (Å²) in [6.45, 7) is 7.12. The fourth-order valence-electron chi connectivity index (χ4n) is 3.23. The first-order valence-electron chi connectivity index (χ1n) is 8.78. The Morgan fingerprint density at radius 3 is 2.58 bits per heavy atom. The number of aromatic nitrogens is 4. The number of hydrogen-bond acceptors (Lipinski definition) is 3. The Labute approximate surface area is 157 Å². The van der Waals surface area contributed by atoms with E-state index in [9.17, 15) is 0 Å². The summed E-state index contributed by atoms with van der Waals surface area (Å²) < 4.78 is 2.12. The molecule has 0 unspecified atom stereocenters. The summed E-state index contributed by atoms with van der Waals surface area (Å²) in [5.41, 5.74) is 7.21. The SMILES string of the molecule is Cc1nc(-c2ccccc2)sc1Cn1nc(C)c(Cc2cc[nH]c2)c1C. The van der Waals surface area contributed by atoms with Crippen molar-refractivity contribution < 1.29 is 0 Å². The molecule has 4 rings (SSSR count). The molecule has 1 aromatic carbocycles. The van der Waals surface area contributed by atoms with Crippen molar-refractivity contribution in [1.82, 2.24) is 19.7 Å². The van der Waals surface area contributed by atoms with Crippen LogP contribution in [-0.2, 0) is 13.0 Å². The van der Waals surface area contributed by atoms with Crippen LogP contribution in [0.3, 0.4) is 0 Å². The Hall–Kier alpha value is -2.66. The van der Waals surface area contributed by atoms with Crippen molar-refractivity contribution in [2.24, 2.45) is 0 Å². The van der Waals surface area contributed by atoms with Gasteiger partial charge in [0.05, 0.1) is 17.9 Å². The lowest BCUT2D eigenvalue weighted by Gasteiger charge is -2.04. The minimum atomic E-state index is 0.774. The number of nitrogens with one attached hydrogen (secondary N) is 1. The van der Waals surface area contributed by atoms with Gasteiger partial charge in [0.2, 0.25) is 0 Å². The molecule has 0 atom stereocenters. The van der Waals surface area contributed by atoms with Gasteiger partial charge in [-0.2, -0.15) is 5.10 Å². The van der Waals surface area contributed by atoms with E-state index in [0.29, 0.717) is 0 Å². The van der Waals surface area contributed by atoms with Crippen molar-refractivity contribution >= 4 is 11.3 Å². The number of nitrogens with zero attached hydrogens (tertiary/aromatic N) is 3. The monoisotopic (exact) mass is 362 g/mol. The fourth-order valence-corrected chi connectivity index (χ4v) is 4.28. The first-order chi connectivity index (χ1) is 12.6. The van der Waals surface area contributed by atoms with Crippen molar-refractivity contribution in [2.75, 3.05) is 0 Å². The Balaban J connectivity index is 1.61. The van der Waals surface area contributed by atoms with Crippen LogP contribution in [0.4, 0.5) is 0 Å². The Morgan fingerprint density at radius 1 is 1.04 bits per heavy atom. The molecule has 3 heterocycles. The molecule has 0 amide bonds. The molecule has 0 radical (unpaired) electrons. The number of aromatic amines is 1. The molecule has 1 N–H and O–H groups in total. The molecule has 4 nitrogen and oxygen atoms in total. The van der Waals surface area contributed by atoms with Crippen LogP contribution in [0.2, 0.25) is 0 Å². The average molecular weight is 363 g/mol. The van der Waals surface area contributed by atoms with Crippen molar-refractivity contribution in [3.05, 3.63) is 81.9 Å². The van der Waals surface area contributed by atoms with E-state index in [1.165, 1.54) is 27.3 Å². The molecule has 4 aromatic rings. The molecule has 5 heteroatoms. The van der Waals surface area contributed by atoms with E-state index in [0.717, 1.165) is 29.4 Å². The van der Waals surface area contributed by atoms with Gasteiger partial charge in [-0.3, -0.25) is 4.68 Å². The van der Waals surface area contributed by atoms with Crippen molar-refractivity contribution in [3.63, 3.8) is 0 Å². The highest BCUT2D eigenvalue weighted by molar-refractivity contribution is 7.15. The summed E-state index contributed by atoms with van der Waals surface area (Å²) in [4.78, 5) is 9.16. The lowest BCUT2D eigenvalue weighted by molar-refractivity contribution is 0.662. The predicted octanol–water partition coefficient (Wildman–Crippen LogP) is 4.90. The first-order valence-corrected chi connectivity index (χ1v) is 9.59. The highest BCUT2D eigenvalue weighted by Crippen LogP contribution is 2.29. The van der Waals surface area contributed by atoms with Crippen molar-refractivity contribution in [2.45, 2.75) is 33.7 Å². The van der Waals surface area contributed by atoms with Crippen LogP contribution in [0.25, 0.3) is 10.6 Å². The maximum atomic E-state index is 4.79. The zero-order valence-corrected chi connectivity index (χ0v) is 16.1. The summed E-state index contributed by atoms with van der Waals surface area (Å²) in [5, 5.41) is 5.87. The van der Waals surface area contributed by atoms with Gasteiger partial charge in [0.15, 0.2) is 0 Å². The number of thiazole rings is 1. The van der Waals surface area contributed by atoms with Gasteiger partial charge in [-0.05, 0) is 32.4 Å². The summed E-state index contributed by atoms with van der Waals surface area (Å²) in [6, 6.07) is 12.5. The largest absolute Gasteiger partial charge is 0.367 e. The molecule has 132 valence electrons. The second-order valence-corrected chi connectivity index (χ2v) is 7.68. The van der Waals surface area contributed by atoms with E-state index in [2.05, 4.69) is 67.0 Å². The van der Waals surface area contributed by atoms with E-state index in [1.807, 2.05) is 12.3 Å². The third-order valence-electron chi connectivity index (χ3n) is 4.78. The van der Waals surface area contributed by atoms with Crippen LogP contribution in [0.1, 0.15) is 33.1 Å². The van der Waals surface area contributed by atoms with E-state index in [-0.39, 0.29) is 0 Å². The highest BCUT2D eigenvalue weighted by Gasteiger charge is 2.15. The van der Waals surface area contributed by atoms with Gasteiger partial charge in [0, 0.05) is 40.5 Å². The Morgan fingerprint density at radius 2 is 1.85 bits per heavy atom. The Bertz CT molecular complexity index is 1010. The number of H-pyrrole nitrogens is 1. The standard InChI is InChI=1S/C21H22N4S/c1-14-19(11-17-9-10-22-12-17)16(3)25(24-14)13-20-15(2)23-21(26-20)18-7-5-4-6-8-18/h4-10,12,22H,11,13H2,1-3H3. The van der Waals surface area contributed by atoms with Crippen LogP contribution in [0.5, 0.6) is 0 Å². The highest BCUT2D eigenvalue weighted by atomic mass is 32.1. The van der Waals surface area contributed by atoms with Crippen LogP contribution in [0, 0.1) is 20.8 Å². The molecule has 0 aliphatic heterocycles. The minimum absolute atomic E-state index is 0.774. The topological polar surface area (TPSA) is 46.5 Å². The number of hydrogen-bond donors (Lipinski definition) is 1. The molecule has 3 aromatic heterocycles. The van der Waals surface area contributed by atoms with Crippen LogP contribution in [0.15, 0.2) is 48.8 Å². The quantitative estimate of drug-likeness (QED) is 0.549. The number of benzene rings is 1. The second kappa shape index (κ2) is 6.92. The van der Waals surface area contributed by atoms with Gasteiger partial charge in [0.1, 0.15) is 5.01 Å². The van der Waals surface area contributed by atoms with Crippen LogP contribution in [-0.4, -0.2) is 19.7 Å². The summed E-state index contributed by atoms with van der Waals surface area (Å²) in [6.07, 6.45) is 4.93. The molecule has 0 saturated heterocycles. The van der Waals surface area contributed by atoms with Gasteiger partial charge in [-0.15, -0.1) is 11.3 Å². The molecule has 0 aliphatic carbocycles. The molecule has 0 spiro atoms. The summed E-state index contributed by atoms with van der Waals surface area (Å²) in [7, 11) is 0. The molecule has 0 bridgehead atoms. The fraction of sp³-hybridized carbons (Fsp3) is 0.238. The van der Waals surface area contributed by atoms with Gasteiger partial charge >= 0.3 is 0 Å². The van der Waals surface area contributed by atoms with Gasteiger partial charge in [-0.1, -0.05) is 30.3 Å². The Kier molecular flexibility index (Phi) is 4.47. The third kappa shape index (κ3) is 3.22. The molecule has 0 aliphatic rings.